The SMILES string of the molecule is NCCn1cc(C(=O)Nc2ccc(Br)c(C(=O)O)c2)nn1. The first-order valence-electron chi connectivity index (χ1n) is 5.95. The van der Waals surface area contributed by atoms with E-state index in [0.29, 0.717) is 23.2 Å². The number of amides is 1. The van der Waals surface area contributed by atoms with Gasteiger partial charge in [0.05, 0.1) is 18.3 Å². The number of carboxylic acids is 1. The third-order valence-corrected chi connectivity index (χ3v) is 3.28. The standard InChI is InChI=1S/C12H12BrN5O3/c13-9-2-1-7(5-8(9)12(20)21)15-11(19)10-6-18(4-3-14)17-16-10/h1-2,5-6H,3-4,14H2,(H,15,19)(H,20,21). The van der Waals surface area contributed by atoms with E-state index in [1.165, 1.54) is 16.9 Å². The number of halogens is 1. The van der Waals surface area contributed by atoms with Gasteiger partial charge in [0.15, 0.2) is 5.69 Å². The highest BCUT2D eigenvalue weighted by Gasteiger charge is 2.13. The van der Waals surface area contributed by atoms with Crippen molar-refractivity contribution in [3.63, 3.8) is 0 Å². The van der Waals surface area contributed by atoms with Crippen LogP contribution in [-0.4, -0.2) is 38.5 Å². The highest BCUT2D eigenvalue weighted by molar-refractivity contribution is 9.10. The number of carbonyl (C=O) groups is 2. The molecule has 4 N–H and O–H groups in total. The summed E-state index contributed by atoms with van der Waals surface area (Å²) in [5.74, 6) is -1.57. The van der Waals surface area contributed by atoms with Crippen LogP contribution in [0.15, 0.2) is 28.9 Å². The minimum atomic E-state index is -1.09. The minimum Gasteiger partial charge on any atom is -0.478 e. The lowest BCUT2D eigenvalue weighted by molar-refractivity contribution is 0.0695. The number of aromatic nitrogens is 3. The first-order valence-corrected chi connectivity index (χ1v) is 6.75. The van der Waals surface area contributed by atoms with Gasteiger partial charge in [-0.2, -0.15) is 0 Å². The fraction of sp³-hybridized carbons (Fsp3) is 0.167. The molecule has 110 valence electrons. The number of carboxylic acid groups (broad SMARTS) is 1. The lowest BCUT2D eigenvalue weighted by Crippen LogP contribution is -2.13. The molecule has 21 heavy (non-hydrogen) atoms. The van der Waals surface area contributed by atoms with Gasteiger partial charge in [0, 0.05) is 16.7 Å². The van der Waals surface area contributed by atoms with Gasteiger partial charge in [-0.05, 0) is 34.1 Å². The molecule has 8 nitrogen and oxygen atoms in total. The summed E-state index contributed by atoms with van der Waals surface area (Å²) >= 11 is 3.13. The zero-order valence-corrected chi connectivity index (χ0v) is 12.4. The van der Waals surface area contributed by atoms with Gasteiger partial charge in [0.25, 0.3) is 5.91 Å². The van der Waals surface area contributed by atoms with Crippen molar-refractivity contribution in [3.8, 4) is 0 Å². The number of nitrogens with one attached hydrogen (secondary N) is 1. The number of hydrogen-bond acceptors (Lipinski definition) is 5. The van der Waals surface area contributed by atoms with E-state index in [2.05, 4.69) is 31.6 Å². The Hall–Kier alpha value is -2.26. The molecule has 0 bridgehead atoms. The van der Waals surface area contributed by atoms with E-state index in [4.69, 9.17) is 10.8 Å². The van der Waals surface area contributed by atoms with Gasteiger partial charge < -0.3 is 16.2 Å². The van der Waals surface area contributed by atoms with E-state index >= 15 is 0 Å². The molecule has 1 aromatic heterocycles. The van der Waals surface area contributed by atoms with Crippen LogP contribution in [0.25, 0.3) is 0 Å². The zero-order chi connectivity index (χ0) is 15.4. The highest BCUT2D eigenvalue weighted by Crippen LogP contribution is 2.21. The Morgan fingerprint density at radius 1 is 1.43 bits per heavy atom. The predicted molar refractivity (Wildman–Crippen MR) is 78.1 cm³/mol. The Balaban J connectivity index is 2.15. The average molecular weight is 354 g/mol. The summed E-state index contributed by atoms with van der Waals surface area (Å²) in [6.45, 7) is 0.848. The van der Waals surface area contributed by atoms with E-state index in [0.717, 1.165) is 0 Å². The molecule has 0 aliphatic heterocycles. The Labute approximate surface area is 128 Å². The lowest BCUT2D eigenvalue weighted by Gasteiger charge is -2.05. The maximum atomic E-state index is 12.0. The summed E-state index contributed by atoms with van der Waals surface area (Å²) in [6, 6.07) is 4.48. The number of hydrogen-bond donors (Lipinski definition) is 3. The molecular weight excluding hydrogens is 342 g/mol. The van der Waals surface area contributed by atoms with Gasteiger partial charge in [0.2, 0.25) is 0 Å². The Kier molecular flexibility index (Phi) is 4.66. The molecule has 0 aliphatic carbocycles. The topological polar surface area (TPSA) is 123 Å². The molecule has 0 atom stereocenters. The van der Waals surface area contributed by atoms with E-state index in [-0.39, 0.29) is 11.3 Å². The molecule has 0 radical (unpaired) electrons. The van der Waals surface area contributed by atoms with Gasteiger partial charge in [-0.3, -0.25) is 9.48 Å². The van der Waals surface area contributed by atoms with Crippen LogP contribution in [0.4, 0.5) is 5.69 Å². The van der Waals surface area contributed by atoms with Gasteiger partial charge in [0.1, 0.15) is 0 Å². The monoisotopic (exact) mass is 353 g/mol. The summed E-state index contributed by atoms with van der Waals surface area (Å²) < 4.78 is 1.89. The van der Waals surface area contributed by atoms with Crippen LogP contribution in [0, 0.1) is 0 Å². The molecule has 0 aliphatic rings. The number of rotatable bonds is 5. The van der Waals surface area contributed by atoms with Crippen LogP contribution < -0.4 is 11.1 Å². The summed E-state index contributed by atoms with van der Waals surface area (Å²) in [4.78, 5) is 23.0. The van der Waals surface area contributed by atoms with Crippen LogP contribution in [0.1, 0.15) is 20.8 Å². The van der Waals surface area contributed by atoms with Crippen LogP contribution in [-0.2, 0) is 6.54 Å². The molecule has 9 heteroatoms. The smallest absolute Gasteiger partial charge is 0.336 e. The highest BCUT2D eigenvalue weighted by atomic mass is 79.9. The number of aromatic carboxylic acids is 1. The van der Waals surface area contributed by atoms with Gasteiger partial charge in [-0.1, -0.05) is 5.21 Å². The second-order valence-corrected chi connectivity index (χ2v) is 4.96. The van der Waals surface area contributed by atoms with E-state index in [1.807, 2.05) is 0 Å². The van der Waals surface area contributed by atoms with E-state index in [9.17, 15) is 9.59 Å². The molecule has 1 aromatic carbocycles. The quantitative estimate of drug-likeness (QED) is 0.735. The second kappa shape index (κ2) is 6.46. The Morgan fingerprint density at radius 2 is 2.19 bits per heavy atom. The van der Waals surface area contributed by atoms with Crippen molar-refractivity contribution in [3.05, 3.63) is 40.1 Å². The fourth-order valence-electron chi connectivity index (χ4n) is 1.61. The van der Waals surface area contributed by atoms with Gasteiger partial charge in [-0.25, -0.2) is 4.79 Å². The lowest BCUT2D eigenvalue weighted by atomic mass is 10.2. The first-order chi connectivity index (χ1) is 10.0. The van der Waals surface area contributed by atoms with Crippen molar-refractivity contribution in [2.75, 3.05) is 11.9 Å². The van der Waals surface area contributed by atoms with Crippen LogP contribution >= 0.6 is 15.9 Å². The third kappa shape index (κ3) is 3.64. The first kappa shape index (κ1) is 15.1. The minimum absolute atomic E-state index is 0.0552. The molecule has 0 saturated heterocycles. The molecule has 1 amide bonds. The van der Waals surface area contributed by atoms with Crippen molar-refractivity contribution in [2.24, 2.45) is 5.73 Å². The number of carbonyl (C=O) groups excluding carboxylic acids is 1. The number of nitrogens with two attached hydrogens (primary N) is 1. The van der Waals surface area contributed by atoms with Crippen molar-refractivity contribution < 1.29 is 14.7 Å². The Morgan fingerprint density at radius 3 is 2.86 bits per heavy atom. The normalized spacial score (nSPS) is 10.4. The number of anilines is 1. The van der Waals surface area contributed by atoms with Crippen LogP contribution in [0.3, 0.4) is 0 Å². The number of benzene rings is 1. The van der Waals surface area contributed by atoms with Gasteiger partial charge >= 0.3 is 5.97 Å². The van der Waals surface area contributed by atoms with Crippen LogP contribution in [0.5, 0.6) is 0 Å². The van der Waals surface area contributed by atoms with Crippen molar-refractivity contribution >= 4 is 33.5 Å². The molecule has 1 heterocycles. The molecule has 0 unspecified atom stereocenters. The van der Waals surface area contributed by atoms with Crippen molar-refractivity contribution in [2.45, 2.75) is 6.54 Å². The molecule has 0 fully saturated rings. The number of nitrogens with zero attached hydrogens (tertiary/aromatic N) is 3. The second-order valence-electron chi connectivity index (χ2n) is 4.11. The van der Waals surface area contributed by atoms with Crippen molar-refractivity contribution in [1.29, 1.82) is 0 Å². The fourth-order valence-corrected chi connectivity index (χ4v) is 2.02. The summed E-state index contributed by atoms with van der Waals surface area (Å²) in [5.41, 5.74) is 5.92. The molecular formula is C12H12BrN5O3. The Bertz CT molecular complexity index is 685. The maximum absolute atomic E-state index is 12.0. The van der Waals surface area contributed by atoms with Crippen molar-refractivity contribution in [1.82, 2.24) is 15.0 Å². The van der Waals surface area contributed by atoms with E-state index in [1.54, 1.807) is 12.1 Å². The molecule has 0 saturated carbocycles. The largest absolute Gasteiger partial charge is 0.478 e. The summed E-state index contributed by atoms with van der Waals surface area (Å²) in [5, 5.41) is 19.1. The summed E-state index contributed by atoms with van der Waals surface area (Å²) in [7, 11) is 0. The molecule has 2 aromatic rings. The van der Waals surface area contributed by atoms with Crippen LogP contribution in [0.2, 0.25) is 0 Å². The summed E-state index contributed by atoms with van der Waals surface area (Å²) in [6.07, 6.45) is 1.47. The average Bonchev–Trinajstić information content (AvgIpc) is 2.90. The zero-order valence-electron chi connectivity index (χ0n) is 10.8. The maximum Gasteiger partial charge on any atom is 0.336 e. The molecule has 0 spiro atoms. The van der Waals surface area contributed by atoms with Gasteiger partial charge in [-0.15, -0.1) is 5.10 Å². The van der Waals surface area contributed by atoms with E-state index < -0.39 is 11.9 Å². The predicted octanol–water partition coefficient (Wildman–Crippen LogP) is 0.950. The third-order valence-electron chi connectivity index (χ3n) is 2.58. The molecule has 2 rings (SSSR count).